The van der Waals surface area contributed by atoms with Gasteiger partial charge in [-0.2, -0.15) is 0 Å². The van der Waals surface area contributed by atoms with E-state index in [0.29, 0.717) is 11.1 Å². The van der Waals surface area contributed by atoms with Crippen molar-refractivity contribution < 1.29 is 8.83 Å². The van der Waals surface area contributed by atoms with Crippen molar-refractivity contribution >= 4 is 23.5 Å². The first kappa shape index (κ1) is 16.6. The van der Waals surface area contributed by atoms with Gasteiger partial charge in [0.1, 0.15) is 5.76 Å². The highest BCUT2D eigenvalue weighted by Crippen LogP contribution is 2.39. The van der Waals surface area contributed by atoms with Crippen LogP contribution in [0.3, 0.4) is 0 Å². The Morgan fingerprint density at radius 1 is 1.19 bits per heavy atom. The van der Waals surface area contributed by atoms with Gasteiger partial charge < -0.3 is 8.83 Å². The summed E-state index contributed by atoms with van der Waals surface area (Å²) in [7, 11) is 0. The van der Waals surface area contributed by atoms with E-state index >= 15 is 0 Å². The molecule has 0 aromatic carbocycles. The summed E-state index contributed by atoms with van der Waals surface area (Å²) in [5, 5.41) is 18.4. The number of furan rings is 1. The summed E-state index contributed by atoms with van der Waals surface area (Å²) >= 11 is 3.25. The summed E-state index contributed by atoms with van der Waals surface area (Å²) < 4.78 is 13.3. The van der Waals surface area contributed by atoms with Crippen LogP contribution in [0.15, 0.2) is 56.1 Å². The number of nitrogens with zero attached hydrogens (tertiary/aromatic N) is 6. The fraction of sp³-hybridized carbons (Fsp3) is 0.235. The van der Waals surface area contributed by atoms with E-state index in [1.165, 1.54) is 11.8 Å². The summed E-state index contributed by atoms with van der Waals surface area (Å²) in [6, 6.07) is 5.97. The molecule has 0 saturated carbocycles. The highest BCUT2D eigenvalue weighted by atomic mass is 32.2. The molecule has 0 N–H and O–H groups in total. The number of aromatic nitrogens is 6. The molecule has 0 fully saturated rings. The van der Waals surface area contributed by atoms with Crippen molar-refractivity contribution in [2.45, 2.75) is 23.3 Å². The molecule has 1 atom stereocenters. The standard InChI is InChI=1S/C17H14N6O2S2/c1-10-13(4-7-24-10)15-20-22-17(25-15)27-9-12-8-26-16-21-19-14(23(12)16)11-2-5-18-6-3-11/h2-7,12H,8-9H2,1H3. The minimum Gasteiger partial charge on any atom is -0.469 e. The Balaban J connectivity index is 1.34. The number of thioether (sulfide) groups is 2. The molecular formula is C17H14N6O2S2. The van der Waals surface area contributed by atoms with Crippen LogP contribution in [0.25, 0.3) is 22.8 Å². The molecule has 136 valence electrons. The van der Waals surface area contributed by atoms with Crippen molar-refractivity contribution in [2.24, 2.45) is 0 Å². The summed E-state index contributed by atoms with van der Waals surface area (Å²) in [5.41, 5.74) is 1.84. The Morgan fingerprint density at radius 3 is 2.89 bits per heavy atom. The molecule has 5 rings (SSSR count). The zero-order chi connectivity index (χ0) is 18.2. The number of hydrogen-bond donors (Lipinski definition) is 0. The number of fused-ring (bicyclic) bond motifs is 1. The summed E-state index contributed by atoms with van der Waals surface area (Å²) in [4.78, 5) is 4.07. The molecule has 1 aliphatic rings. The Labute approximate surface area is 162 Å². The van der Waals surface area contributed by atoms with Crippen molar-refractivity contribution in [2.75, 3.05) is 11.5 Å². The smallest absolute Gasteiger partial charge is 0.276 e. The topological polar surface area (TPSA) is 95.7 Å². The van der Waals surface area contributed by atoms with Crippen molar-refractivity contribution in [1.82, 2.24) is 29.9 Å². The molecule has 4 aromatic rings. The lowest BCUT2D eigenvalue weighted by molar-refractivity contribution is 0.462. The van der Waals surface area contributed by atoms with Gasteiger partial charge in [-0.25, -0.2) is 0 Å². The first-order valence-corrected chi connectivity index (χ1v) is 10.3. The van der Waals surface area contributed by atoms with Crippen LogP contribution in [0, 0.1) is 6.92 Å². The second-order valence-corrected chi connectivity index (χ2v) is 7.91. The van der Waals surface area contributed by atoms with Crippen LogP contribution in [-0.4, -0.2) is 41.5 Å². The fourth-order valence-corrected chi connectivity index (χ4v) is 4.99. The van der Waals surface area contributed by atoms with Gasteiger partial charge in [0, 0.05) is 29.5 Å². The molecular weight excluding hydrogens is 384 g/mol. The number of rotatable bonds is 5. The van der Waals surface area contributed by atoms with E-state index in [9.17, 15) is 0 Å². The SMILES string of the molecule is Cc1occc1-c1nnc(SCC2CSc3nnc(-c4ccncc4)n32)o1. The van der Waals surface area contributed by atoms with Gasteiger partial charge in [0.25, 0.3) is 11.1 Å². The van der Waals surface area contributed by atoms with Crippen molar-refractivity contribution in [3.8, 4) is 22.8 Å². The second kappa shape index (κ2) is 6.86. The molecule has 1 unspecified atom stereocenters. The number of hydrogen-bond acceptors (Lipinski definition) is 9. The van der Waals surface area contributed by atoms with E-state index in [4.69, 9.17) is 8.83 Å². The maximum Gasteiger partial charge on any atom is 0.276 e. The average molecular weight is 398 g/mol. The maximum atomic E-state index is 5.78. The van der Waals surface area contributed by atoms with Crippen LogP contribution in [-0.2, 0) is 0 Å². The van der Waals surface area contributed by atoms with E-state index in [1.807, 2.05) is 25.1 Å². The van der Waals surface area contributed by atoms with Crippen LogP contribution in [0.2, 0.25) is 0 Å². The third kappa shape index (κ3) is 3.04. The fourth-order valence-electron chi connectivity index (χ4n) is 2.92. The molecule has 0 radical (unpaired) electrons. The minimum atomic E-state index is 0.249. The van der Waals surface area contributed by atoms with E-state index in [-0.39, 0.29) is 6.04 Å². The molecule has 0 aliphatic carbocycles. The van der Waals surface area contributed by atoms with Crippen molar-refractivity contribution in [1.29, 1.82) is 0 Å². The molecule has 27 heavy (non-hydrogen) atoms. The summed E-state index contributed by atoms with van der Waals surface area (Å²) in [5.74, 6) is 3.84. The molecule has 0 spiro atoms. The van der Waals surface area contributed by atoms with E-state index in [1.54, 1.807) is 30.4 Å². The van der Waals surface area contributed by atoms with Crippen LogP contribution >= 0.6 is 23.5 Å². The highest BCUT2D eigenvalue weighted by Gasteiger charge is 2.29. The Morgan fingerprint density at radius 2 is 2.07 bits per heavy atom. The number of aryl methyl sites for hydroxylation is 1. The molecule has 0 amide bonds. The van der Waals surface area contributed by atoms with Crippen molar-refractivity contribution in [3.05, 3.63) is 42.6 Å². The van der Waals surface area contributed by atoms with Gasteiger partial charge in [-0.05, 0) is 25.1 Å². The van der Waals surface area contributed by atoms with E-state index in [2.05, 4.69) is 29.9 Å². The van der Waals surface area contributed by atoms with Gasteiger partial charge in [0.2, 0.25) is 0 Å². The third-order valence-electron chi connectivity index (χ3n) is 4.27. The molecule has 5 heterocycles. The predicted octanol–water partition coefficient (Wildman–Crippen LogP) is 3.73. The normalized spacial score (nSPS) is 16.0. The molecule has 8 nitrogen and oxygen atoms in total. The van der Waals surface area contributed by atoms with Crippen molar-refractivity contribution in [3.63, 3.8) is 0 Å². The number of pyridine rings is 1. The molecule has 1 aliphatic heterocycles. The van der Waals surface area contributed by atoms with Gasteiger partial charge in [0.05, 0.1) is 17.9 Å². The Kier molecular flexibility index (Phi) is 4.21. The Hall–Kier alpha value is -2.59. The highest BCUT2D eigenvalue weighted by molar-refractivity contribution is 8.00. The molecule has 4 aromatic heterocycles. The molecule has 0 saturated heterocycles. The zero-order valence-electron chi connectivity index (χ0n) is 14.3. The summed E-state index contributed by atoms with van der Waals surface area (Å²) in [6.07, 6.45) is 5.15. The molecule has 0 bridgehead atoms. The maximum absolute atomic E-state index is 5.78. The monoisotopic (exact) mass is 398 g/mol. The third-order valence-corrected chi connectivity index (χ3v) is 6.32. The van der Waals surface area contributed by atoms with Gasteiger partial charge >= 0.3 is 0 Å². The van der Waals surface area contributed by atoms with E-state index < -0.39 is 0 Å². The van der Waals surface area contributed by atoms with Gasteiger partial charge in [0.15, 0.2) is 11.0 Å². The van der Waals surface area contributed by atoms with E-state index in [0.717, 1.165) is 39.4 Å². The zero-order valence-corrected chi connectivity index (χ0v) is 15.9. The minimum absolute atomic E-state index is 0.249. The predicted molar refractivity (Wildman–Crippen MR) is 100 cm³/mol. The molecule has 10 heteroatoms. The lowest BCUT2D eigenvalue weighted by atomic mass is 10.2. The summed E-state index contributed by atoms with van der Waals surface area (Å²) in [6.45, 7) is 1.87. The lowest BCUT2D eigenvalue weighted by Crippen LogP contribution is -2.11. The van der Waals surface area contributed by atoms with Gasteiger partial charge in [-0.15, -0.1) is 20.4 Å². The van der Waals surface area contributed by atoms with Gasteiger partial charge in [-0.3, -0.25) is 9.55 Å². The van der Waals surface area contributed by atoms with Crippen LogP contribution in [0.5, 0.6) is 0 Å². The largest absolute Gasteiger partial charge is 0.469 e. The lowest BCUT2D eigenvalue weighted by Gasteiger charge is -2.12. The van der Waals surface area contributed by atoms with Crippen LogP contribution < -0.4 is 0 Å². The second-order valence-electron chi connectivity index (χ2n) is 5.95. The van der Waals surface area contributed by atoms with Gasteiger partial charge in [-0.1, -0.05) is 23.5 Å². The van der Waals surface area contributed by atoms with Crippen LogP contribution in [0.4, 0.5) is 0 Å². The Bertz CT molecular complexity index is 1070. The average Bonchev–Trinajstić information content (AvgIpc) is 3.45. The van der Waals surface area contributed by atoms with Crippen LogP contribution in [0.1, 0.15) is 11.8 Å². The first-order chi connectivity index (χ1) is 13.3. The quantitative estimate of drug-likeness (QED) is 0.466. The first-order valence-electron chi connectivity index (χ1n) is 8.28.